The Morgan fingerprint density at radius 3 is 1.32 bits per heavy atom. The van der Waals surface area contributed by atoms with Crippen molar-refractivity contribution in [1.29, 1.82) is 0 Å². The van der Waals surface area contributed by atoms with Gasteiger partial charge in [0.2, 0.25) is 31.9 Å². The predicted molar refractivity (Wildman–Crippen MR) is 239 cm³/mol. The van der Waals surface area contributed by atoms with E-state index in [1.807, 2.05) is 0 Å². The third-order valence-electron chi connectivity index (χ3n) is 10.6. The van der Waals surface area contributed by atoms with Crippen LogP contribution in [0.1, 0.15) is 43.0 Å². The fourth-order valence-corrected chi connectivity index (χ4v) is 10.2. The first kappa shape index (κ1) is 59.5. The summed E-state index contributed by atoms with van der Waals surface area (Å²) < 4.78 is 219. The minimum atomic E-state index is -4.89. The molecule has 3 amide bonds. The van der Waals surface area contributed by atoms with Gasteiger partial charge in [-0.25, -0.2) is 21.6 Å². The topological polar surface area (TPSA) is 193 Å². The van der Waals surface area contributed by atoms with E-state index in [4.69, 9.17) is 4.74 Å². The molecular formula is C45H46F12N6O10S2. The molecule has 4 aromatic carbocycles. The Morgan fingerprint density at radius 1 is 0.560 bits per heavy atom. The van der Waals surface area contributed by atoms with Crippen molar-refractivity contribution in [2.45, 2.75) is 86.4 Å². The lowest BCUT2D eigenvalue weighted by Gasteiger charge is -2.39. The maximum absolute atomic E-state index is 13.4. The third-order valence-corrected chi connectivity index (χ3v) is 14.5. The lowest BCUT2D eigenvalue weighted by Crippen LogP contribution is -2.61. The Kier molecular flexibility index (Phi) is 18.4. The van der Waals surface area contributed by atoms with Gasteiger partial charge in [-0.15, -0.1) is 26.3 Å². The summed E-state index contributed by atoms with van der Waals surface area (Å²) in [5.41, 5.74) is -2.17. The molecule has 0 saturated carbocycles. The minimum absolute atomic E-state index is 0.0376. The smallest absolute Gasteiger partial charge is 0.444 e. The first-order chi connectivity index (χ1) is 34.5. The lowest BCUT2D eigenvalue weighted by atomic mass is 10.1. The quantitative estimate of drug-likeness (QED) is 0.120. The Labute approximate surface area is 421 Å². The average molecular weight is 1120 g/mol. The molecule has 0 aliphatic carbocycles. The van der Waals surface area contributed by atoms with Crippen LogP contribution in [-0.4, -0.2) is 118 Å². The number of alkyl halides is 12. The van der Waals surface area contributed by atoms with Gasteiger partial charge in [0.15, 0.2) is 0 Å². The highest BCUT2D eigenvalue weighted by molar-refractivity contribution is 7.89. The van der Waals surface area contributed by atoms with Crippen molar-refractivity contribution in [3.8, 4) is 11.5 Å². The maximum Gasteiger partial charge on any atom is 0.573 e. The van der Waals surface area contributed by atoms with Gasteiger partial charge >= 0.3 is 31.2 Å². The lowest BCUT2D eigenvalue weighted by molar-refractivity contribution is -0.275. The largest absolute Gasteiger partial charge is 0.573 e. The Morgan fingerprint density at radius 2 is 0.947 bits per heavy atom. The molecular weight excluding hydrogens is 1080 g/mol. The molecule has 0 aromatic heterocycles. The number of piperazine rings is 2. The minimum Gasteiger partial charge on any atom is -0.444 e. The van der Waals surface area contributed by atoms with Gasteiger partial charge in [-0.2, -0.15) is 35.0 Å². The molecule has 412 valence electrons. The van der Waals surface area contributed by atoms with Gasteiger partial charge < -0.3 is 35.1 Å². The van der Waals surface area contributed by atoms with Crippen LogP contribution in [-0.2, 0) is 59.8 Å². The number of carbonyl (C=O) groups excluding carboxylic acids is 3. The van der Waals surface area contributed by atoms with Crippen LogP contribution in [0.5, 0.6) is 11.5 Å². The molecule has 2 heterocycles. The van der Waals surface area contributed by atoms with Gasteiger partial charge in [-0.3, -0.25) is 9.59 Å². The first-order valence-corrected chi connectivity index (χ1v) is 24.7. The normalized spacial score (nSPS) is 17.5. The molecule has 2 saturated heterocycles. The van der Waals surface area contributed by atoms with E-state index in [2.05, 4.69) is 25.4 Å². The van der Waals surface area contributed by atoms with Crippen LogP contribution in [0.2, 0.25) is 0 Å². The van der Waals surface area contributed by atoms with Crippen LogP contribution in [0, 0.1) is 0 Å². The molecule has 0 spiro atoms. The van der Waals surface area contributed by atoms with Gasteiger partial charge in [0.05, 0.1) is 20.9 Å². The number of sulfonamides is 2. The van der Waals surface area contributed by atoms with E-state index in [-0.39, 0.29) is 50.7 Å². The van der Waals surface area contributed by atoms with Crippen molar-refractivity contribution >= 4 is 38.0 Å². The van der Waals surface area contributed by atoms with Gasteiger partial charge in [0.25, 0.3) is 0 Å². The number of hydrogen-bond acceptors (Lipinski definition) is 11. The predicted octanol–water partition coefficient (Wildman–Crippen LogP) is 7.41. The van der Waals surface area contributed by atoms with E-state index >= 15 is 0 Å². The average Bonchev–Trinajstić information content (AvgIpc) is 3.31. The molecule has 0 unspecified atom stereocenters. The highest BCUT2D eigenvalue weighted by Gasteiger charge is 2.43. The van der Waals surface area contributed by atoms with Crippen LogP contribution in [0.3, 0.4) is 0 Å². The zero-order chi connectivity index (χ0) is 56.0. The summed E-state index contributed by atoms with van der Waals surface area (Å²) in [5.74, 6) is -2.46. The zero-order valence-electron chi connectivity index (χ0n) is 39.3. The molecule has 2 atom stereocenters. The van der Waals surface area contributed by atoms with Crippen LogP contribution in [0.15, 0.2) is 107 Å². The summed E-state index contributed by atoms with van der Waals surface area (Å²) >= 11 is 0. The number of nitrogens with one attached hydrogen (secondary N) is 3. The number of ether oxygens (including phenoxy) is 3. The molecule has 2 aliphatic rings. The van der Waals surface area contributed by atoms with E-state index in [0.29, 0.717) is 35.4 Å². The van der Waals surface area contributed by atoms with Crippen molar-refractivity contribution in [2.75, 3.05) is 39.3 Å². The number of hydrogen-bond donors (Lipinski definition) is 3. The number of nitrogens with zero attached hydrogens (tertiary/aromatic N) is 3. The van der Waals surface area contributed by atoms with Crippen LogP contribution in [0.25, 0.3) is 0 Å². The molecule has 0 bridgehead atoms. The number of benzene rings is 4. The third kappa shape index (κ3) is 17.1. The maximum atomic E-state index is 13.4. The Hall–Kier alpha value is -6.37. The number of rotatable bonds is 12. The van der Waals surface area contributed by atoms with Crippen LogP contribution in [0.4, 0.5) is 57.5 Å². The molecule has 30 heteroatoms. The highest BCUT2D eigenvalue weighted by Crippen LogP contribution is 2.33. The summed E-state index contributed by atoms with van der Waals surface area (Å²) in [5, 5.41) is 7.90. The summed E-state index contributed by atoms with van der Waals surface area (Å²) in [4.78, 5) is 38.9. The summed E-state index contributed by atoms with van der Waals surface area (Å²) in [6.45, 7) is 3.65. The van der Waals surface area contributed by atoms with Gasteiger partial charge in [-0.1, -0.05) is 24.3 Å². The van der Waals surface area contributed by atoms with Crippen molar-refractivity contribution < 1.29 is 98.1 Å². The number of carbonyl (C=O) groups is 3. The molecule has 75 heavy (non-hydrogen) atoms. The second kappa shape index (κ2) is 23.3. The summed E-state index contributed by atoms with van der Waals surface area (Å²) in [6.07, 6.45) is -19.9. The van der Waals surface area contributed by atoms with Crippen molar-refractivity contribution in [2.24, 2.45) is 0 Å². The Bertz CT molecular complexity index is 2830. The van der Waals surface area contributed by atoms with E-state index in [1.165, 1.54) is 24.3 Å². The Balaban J connectivity index is 0.000000282. The van der Waals surface area contributed by atoms with Gasteiger partial charge in [0.1, 0.15) is 29.2 Å². The van der Waals surface area contributed by atoms with E-state index in [0.717, 1.165) is 62.0 Å². The molecule has 6 rings (SSSR count). The summed E-state index contributed by atoms with van der Waals surface area (Å²) in [6, 6.07) is 12.3. The first-order valence-electron chi connectivity index (χ1n) is 21.9. The van der Waals surface area contributed by atoms with E-state index in [1.54, 1.807) is 20.8 Å². The van der Waals surface area contributed by atoms with Gasteiger partial charge in [-0.05, 0) is 105 Å². The van der Waals surface area contributed by atoms with Crippen molar-refractivity contribution in [3.63, 3.8) is 0 Å². The van der Waals surface area contributed by atoms with E-state index < -0.39 is 115 Å². The second-order valence-electron chi connectivity index (χ2n) is 17.3. The monoisotopic (exact) mass is 1120 g/mol. The van der Waals surface area contributed by atoms with Crippen LogP contribution >= 0.6 is 0 Å². The molecule has 4 aromatic rings. The van der Waals surface area contributed by atoms with Crippen molar-refractivity contribution in [1.82, 2.24) is 29.5 Å². The van der Waals surface area contributed by atoms with Crippen LogP contribution < -0.4 is 25.4 Å². The SMILES string of the molecule is CC(C)(C)OC(=O)N1CCN(S(=O)(=O)c2ccc(C(F)(F)F)cc2)[C@@H](C(=O)NCc2ccc(OC(F)(F)F)cc2)C1.O=C(NCc1ccc(OC(F)(F)F)cc1)[C@H]1CNCCN1S(=O)(=O)c1ccc(C(F)(F)F)cc1. The fourth-order valence-electron chi connectivity index (χ4n) is 7.09. The molecule has 3 N–H and O–H groups in total. The standard InChI is InChI=1S/C25H27F6N3O6S.C20H19F6N3O4S/c1-23(2,3)40-22(36)33-12-13-34(41(37,38)19-10-6-17(7-11-19)24(26,27)28)20(15-33)21(35)32-14-16-4-8-18(9-5-16)39-25(29,30)31;21-19(22,23)14-3-7-16(8-4-14)34(31,32)29-10-9-27-12-17(29)18(30)28-11-13-1-5-15(6-2-13)33-20(24,25)26/h4-11,20H,12-15H2,1-3H3,(H,32,35);1-8,17,27H,9-12H2,(H,28,30)/t20-;17-/m11/s1. The zero-order valence-corrected chi connectivity index (χ0v) is 41.0. The van der Waals surface area contributed by atoms with E-state index in [9.17, 15) is 83.9 Å². The molecule has 2 fully saturated rings. The molecule has 0 radical (unpaired) electrons. The summed E-state index contributed by atoms with van der Waals surface area (Å²) in [7, 11) is -8.79. The highest BCUT2D eigenvalue weighted by atomic mass is 32.2. The fraction of sp³-hybridized carbons (Fsp3) is 0.400. The second-order valence-corrected chi connectivity index (χ2v) is 21.0. The molecule has 16 nitrogen and oxygen atoms in total. The van der Waals surface area contributed by atoms with Gasteiger partial charge in [0, 0.05) is 52.4 Å². The number of amides is 3. The molecule has 2 aliphatic heterocycles. The number of halogens is 12. The van der Waals surface area contributed by atoms with Crippen molar-refractivity contribution in [3.05, 3.63) is 119 Å².